The lowest BCUT2D eigenvalue weighted by atomic mass is 10.1. The minimum Gasteiger partial charge on any atom is -0.454 e. The quantitative estimate of drug-likeness (QED) is 0.346. The second kappa shape index (κ2) is 6.87. The van der Waals surface area contributed by atoms with Crippen LogP contribution in [0.25, 0.3) is 44.9 Å². The molecule has 7 aromatic rings. The van der Waals surface area contributed by atoms with Gasteiger partial charge in [0.25, 0.3) is 0 Å². The highest BCUT2D eigenvalue weighted by Crippen LogP contribution is 2.36. The van der Waals surface area contributed by atoms with Gasteiger partial charge in [-0.25, -0.2) is 9.36 Å². The van der Waals surface area contributed by atoms with E-state index in [1.165, 1.54) is 11.3 Å². The Bertz CT molecular complexity index is 1860. The van der Waals surface area contributed by atoms with Gasteiger partial charge in [0, 0.05) is 53.1 Å². The highest BCUT2D eigenvalue weighted by atomic mass is 16.3. The van der Waals surface area contributed by atoms with Gasteiger partial charge in [-0.3, -0.25) is 4.57 Å². The number of rotatable bonds is 3. The van der Waals surface area contributed by atoms with E-state index in [-0.39, 0.29) is 0 Å². The van der Waals surface area contributed by atoms with Crippen molar-refractivity contribution in [3.63, 3.8) is 0 Å². The SMILES string of the molecule is c1cc(-n2cccc2-n2cccn2)c2oc3ccc(-n4ccc5c4-n4nccc4CC5)cc3c2c1. The number of nitrogens with zero attached hydrogens (tertiary/aromatic N) is 6. The topological polar surface area (TPSA) is 58.6 Å². The van der Waals surface area contributed by atoms with Gasteiger partial charge in [-0.05, 0) is 73.0 Å². The van der Waals surface area contributed by atoms with Crippen molar-refractivity contribution in [1.82, 2.24) is 28.7 Å². The first-order chi connectivity index (χ1) is 17.3. The second-order valence-corrected chi connectivity index (χ2v) is 8.89. The van der Waals surface area contributed by atoms with Crippen LogP contribution in [0.5, 0.6) is 0 Å². The van der Waals surface area contributed by atoms with E-state index in [1.54, 1.807) is 6.20 Å². The molecule has 35 heavy (non-hydrogen) atoms. The molecule has 5 aromatic heterocycles. The first kappa shape index (κ1) is 18.6. The third-order valence-corrected chi connectivity index (χ3v) is 6.98. The van der Waals surface area contributed by atoms with E-state index >= 15 is 0 Å². The second-order valence-electron chi connectivity index (χ2n) is 8.89. The molecular weight excluding hydrogens is 436 g/mol. The van der Waals surface area contributed by atoms with Crippen LogP contribution in [0, 0.1) is 0 Å². The maximum atomic E-state index is 6.43. The van der Waals surface area contributed by atoms with Gasteiger partial charge < -0.3 is 8.98 Å². The predicted octanol–water partition coefficient (Wildman–Crippen LogP) is 5.64. The van der Waals surface area contributed by atoms with Crippen LogP contribution in [0.4, 0.5) is 0 Å². The van der Waals surface area contributed by atoms with Crippen LogP contribution in [0.2, 0.25) is 0 Å². The van der Waals surface area contributed by atoms with Gasteiger partial charge >= 0.3 is 0 Å². The molecule has 0 bridgehead atoms. The number of furan rings is 1. The summed E-state index contributed by atoms with van der Waals surface area (Å²) in [4.78, 5) is 0. The third-order valence-electron chi connectivity index (χ3n) is 6.98. The molecule has 0 saturated carbocycles. The number of aryl methyl sites for hydroxylation is 2. The van der Waals surface area contributed by atoms with E-state index in [4.69, 9.17) is 4.42 Å². The largest absolute Gasteiger partial charge is 0.454 e. The van der Waals surface area contributed by atoms with Gasteiger partial charge in [0.1, 0.15) is 17.2 Å². The molecule has 0 unspecified atom stereocenters. The lowest BCUT2D eigenvalue weighted by Gasteiger charge is -2.18. The van der Waals surface area contributed by atoms with Crippen molar-refractivity contribution in [2.45, 2.75) is 12.8 Å². The molecule has 2 aromatic carbocycles. The van der Waals surface area contributed by atoms with Crippen LogP contribution < -0.4 is 0 Å². The van der Waals surface area contributed by atoms with Gasteiger partial charge in [-0.15, -0.1) is 0 Å². The fourth-order valence-corrected chi connectivity index (χ4v) is 5.36. The first-order valence-corrected chi connectivity index (χ1v) is 11.7. The van der Waals surface area contributed by atoms with Gasteiger partial charge in [0.2, 0.25) is 0 Å². The molecule has 0 fully saturated rings. The van der Waals surface area contributed by atoms with Crippen molar-refractivity contribution in [3.8, 4) is 23.0 Å². The van der Waals surface area contributed by atoms with Crippen molar-refractivity contribution in [2.75, 3.05) is 0 Å². The Kier molecular flexibility index (Phi) is 3.65. The Labute approximate surface area is 200 Å². The van der Waals surface area contributed by atoms with E-state index in [9.17, 15) is 0 Å². The molecule has 0 spiro atoms. The summed E-state index contributed by atoms with van der Waals surface area (Å²) in [7, 11) is 0. The van der Waals surface area contributed by atoms with Crippen LogP contribution in [0.3, 0.4) is 0 Å². The molecule has 168 valence electrons. The van der Waals surface area contributed by atoms with Crippen LogP contribution in [-0.4, -0.2) is 28.7 Å². The summed E-state index contributed by atoms with van der Waals surface area (Å²) in [6.07, 6.45) is 11.8. The van der Waals surface area contributed by atoms with Gasteiger partial charge in [0.15, 0.2) is 5.58 Å². The summed E-state index contributed by atoms with van der Waals surface area (Å²) in [5.74, 6) is 2.08. The Hall–Kier alpha value is -4.78. The maximum absolute atomic E-state index is 6.43. The minimum atomic E-state index is 0.855. The Morgan fingerprint density at radius 2 is 1.74 bits per heavy atom. The van der Waals surface area contributed by atoms with E-state index in [0.29, 0.717) is 0 Å². The Morgan fingerprint density at radius 3 is 2.69 bits per heavy atom. The van der Waals surface area contributed by atoms with E-state index in [2.05, 4.69) is 78.7 Å². The molecule has 0 saturated heterocycles. The monoisotopic (exact) mass is 456 g/mol. The highest BCUT2D eigenvalue weighted by Gasteiger charge is 2.21. The number of hydrogen-bond acceptors (Lipinski definition) is 3. The summed E-state index contributed by atoms with van der Waals surface area (Å²) in [6.45, 7) is 0. The van der Waals surface area contributed by atoms with Gasteiger partial charge in [0.05, 0.1) is 5.69 Å². The molecule has 6 heterocycles. The molecule has 1 aliphatic rings. The van der Waals surface area contributed by atoms with Crippen molar-refractivity contribution < 1.29 is 4.42 Å². The normalized spacial score (nSPS) is 12.9. The molecule has 8 rings (SSSR count). The van der Waals surface area contributed by atoms with Crippen molar-refractivity contribution in [2.24, 2.45) is 0 Å². The van der Waals surface area contributed by atoms with Crippen LogP contribution in [-0.2, 0) is 12.8 Å². The zero-order valence-electron chi connectivity index (χ0n) is 18.7. The van der Waals surface area contributed by atoms with Crippen LogP contribution in [0.1, 0.15) is 11.3 Å². The summed E-state index contributed by atoms with van der Waals surface area (Å²) < 4.78 is 14.7. The standard InChI is InChI=1S/C28H20N6O/c1-4-22-23-18-21(31-17-12-19-7-8-20-11-14-30-34(20)28(19)31)9-10-25(23)35-27(22)24(5-1)32-15-2-6-26(32)33-16-3-13-29-33/h1-6,9-18H,7-8H2. The van der Waals surface area contributed by atoms with Crippen LogP contribution in [0.15, 0.2) is 102 Å². The number of para-hydroxylation sites is 1. The van der Waals surface area contributed by atoms with E-state index < -0.39 is 0 Å². The lowest BCUT2D eigenvalue weighted by molar-refractivity contribution is 0.664. The summed E-state index contributed by atoms with van der Waals surface area (Å²) in [5, 5.41) is 11.2. The average molecular weight is 457 g/mol. The molecule has 7 heteroatoms. The molecule has 0 aliphatic carbocycles. The van der Waals surface area contributed by atoms with Crippen molar-refractivity contribution in [1.29, 1.82) is 0 Å². The molecule has 0 amide bonds. The third kappa shape index (κ3) is 2.60. The van der Waals surface area contributed by atoms with E-state index in [0.717, 1.165) is 57.8 Å². The molecule has 7 nitrogen and oxygen atoms in total. The molecule has 0 N–H and O–H groups in total. The van der Waals surface area contributed by atoms with Crippen LogP contribution >= 0.6 is 0 Å². The zero-order chi connectivity index (χ0) is 22.9. The minimum absolute atomic E-state index is 0.855. The fourth-order valence-electron chi connectivity index (χ4n) is 5.36. The summed E-state index contributed by atoms with van der Waals surface area (Å²) in [5.41, 5.74) is 6.36. The van der Waals surface area contributed by atoms with Crippen molar-refractivity contribution in [3.05, 3.63) is 109 Å². The summed E-state index contributed by atoms with van der Waals surface area (Å²) >= 11 is 0. The maximum Gasteiger partial charge on any atom is 0.159 e. The highest BCUT2D eigenvalue weighted by molar-refractivity contribution is 6.08. The first-order valence-electron chi connectivity index (χ1n) is 11.7. The van der Waals surface area contributed by atoms with Gasteiger partial charge in [-0.2, -0.15) is 10.2 Å². The van der Waals surface area contributed by atoms with Gasteiger partial charge in [-0.1, -0.05) is 12.1 Å². The lowest BCUT2D eigenvalue weighted by Crippen LogP contribution is -2.15. The molecule has 0 radical (unpaired) electrons. The smallest absolute Gasteiger partial charge is 0.159 e. The number of benzene rings is 2. The Morgan fingerprint density at radius 1 is 0.743 bits per heavy atom. The number of aromatic nitrogens is 6. The molecule has 0 atom stereocenters. The number of fused-ring (bicyclic) bond motifs is 6. The molecular formula is C28H20N6O. The predicted molar refractivity (Wildman–Crippen MR) is 134 cm³/mol. The average Bonchev–Trinajstić information content (AvgIpc) is 3.71. The number of hydrogen-bond donors (Lipinski definition) is 0. The fraction of sp³-hybridized carbons (Fsp3) is 0.0714. The van der Waals surface area contributed by atoms with Crippen molar-refractivity contribution >= 4 is 21.9 Å². The summed E-state index contributed by atoms with van der Waals surface area (Å²) in [6, 6.07) is 23.0. The zero-order valence-corrected chi connectivity index (χ0v) is 18.7. The van der Waals surface area contributed by atoms with E-state index in [1.807, 2.05) is 41.5 Å². The molecule has 1 aliphatic heterocycles. The Balaban J connectivity index is 1.32.